The third kappa shape index (κ3) is 13.8. The van der Waals surface area contributed by atoms with Crippen LogP contribution in [0.25, 0.3) is 31.8 Å². The van der Waals surface area contributed by atoms with Crippen LogP contribution >= 0.6 is 22.7 Å². The van der Waals surface area contributed by atoms with Crippen LogP contribution in [0.5, 0.6) is 0 Å². The summed E-state index contributed by atoms with van der Waals surface area (Å²) in [6, 6.07) is 29.2. The number of carbonyl (C=O) groups excluding carboxylic acids is 5. The van der Waals surface area contributed by atoms with E-state index in [9.17, 15) is 37.5 Å². The fourth-order valence-corrected chi connectivity index (χ4v) is 15.7. The lowest BCUT2D eigenvalue weighted by Gasteiger charge is -2.37. The smallest absolute Gasteiger partial charge is 0.284 e. The normalized spacial score (nSPS) is 17.8. The summed E-state index contributed by atoms with van der Waals surface area (Å²) in [5.74, 6) is -1.82. The number of nitrogens with zero attached hydrogens (tertiary/aromatic N) is 8. The van der Waals surface area contributed by atoms with Crippen molar-refractivity contribution in [1.82, 2.24) is 45.0 Å². The number of piperidine rings is 1. The summed E-state index contributed by atoms with van der Waals surface area (Å²) in [6.45, 7) is 12.2. The summed E-state index contributed by atoms with van der Waals surface area (Å²) in [7, 11) is -4.46. The van der Waals surface area contributed by atoms with E-state index in [2.05, 4.69) is 35.5 Å². The summed E-state index contributed by atoms with van der Waals surface area (Å²) in [5, 5.41) is 25.1. The molecule has 0 bridgehead atoms. The Kier molecular flexibility index (Phi) is 18.3. The number of nitrogens with one attached hydrogen (secondary N) is 4. The lowest BCUT2D eigenvalue weighted by Crippen LogP contribution is -2.58. The van der Waals surface area contributed by atoms with E-state index >= 15 is 0 Å². The van der Waals surface area contributed by atoms with Gasteiger partial charge in [0.1, 0.15) is 23.6 Å². The molecule has 1 aliphatic carbocycles. The molecule has 12 rings (SSSR count). The van der Waals surface area contributed by atoms with Gasteiger partial charge in [0, 0.05) is 86.2 Å². The van der Waals surface area contributed by atoms with Crippen LogP contribution in [-0.2, 0) is 50.5 Å². The van der Waals surface area contributed by atoms with E-state index in [4.69, 9.17) is 10.1 Å². The molecule has 474 valence electrons. The minimum atomic E-state index is -4.46. The number of benzene rings is 4. The molecule has 3 aliphatic heterocycles. The van der Waals surface area contributed by atoms with Crippen molar-refractivity contribution < 1.29 is 37.5 Å². The zero-order chi connectivity index (χ0) is 63.7. The van der Waals surface area contributed by atoms with Crippen molar-refractivity contribution in [2.75, 3.05) is 41.3 Å². The summed E-state index contributed by atoms with van der Waals surface area (Å²) in [4.78, 5) is 91.3. The van der Waals surface area contributed by atoms with Crippen molar-refractivity contribution in [2.24, 2.45) is 17.3 Å². The number of aliphatic hydroxyl groups excluding tert-OH is 1. The molecular weight excluding hydrogens is 1210 g/mol. The molecule has 4 aromatic heterocycles. The van der Waals surface area contributed by atoms with Crippen molar-refractivity contribution in [3.05, 3.63) is 154 Å². The molecule has 5 N–H and O–H groups in total. The molecule has 20 nitrogen and oxygen atoms in total. The zero-order valence-electron chi connectivity index (χ0n) is 51.8. The summed E-state index contributed by atoms with van der Waals surface area (Å²) in [5.41, 5.74) is 9.64. The van der Waals surface area contributed by atoms with Crippen molar-refractivity contribution in [1.29, 1.82) is 0 Å². The topological polar surface area (TPSA) is 254 Å². The van der Waals surface area contributed by atoms with Crippen molar-refractivity contribution in [3.8, 4) is 21.6 Å². The molecule has 0 spiro atoms. The van der Waals surface area contributed by atoms with Crippen molar-refractivity contribution in [3.63, 3.8) is 0 Å². The number of carbonyl (C=O) groups is 5. The molecule has 5 amide bonds. The van der Waals surface area contributed by atoms with Crippen LogP contribution in [0, 0.1) is 31.1 Å². The maximum Gasteiger partial charge on any atom is 0.284 e. The maximum absolute atomic E-state index is 14.7. The first kappa shape index (κ1) is 62.8. The summed E-state index contributed by atoms with van der Waals surface area (Å²) in [6.07, 6.45) is 8.20. The van der Waals surface area contributed by atoms with Gasteiger partial charge in [-0.05, 0) is 134 Å². The average molecular weight is 1290 g/mol. The Labute approximate surface area is 537 Å². The number of sulfonamides is 1. The number of likely N-dealkylation sites (tertiary alicyclic amines) is 1. The van der Waals surface area contributed by atoms with Gasteiger partial charge in [-0.1, -0.05) is 99.9 Å². The second-order valence-electron chi connectivity index (χ2n) is 25.5. The highest BCUT2D eigenvalue weighted by atomic mass is 32.2. The molecule has 8 aromatic rings. The molecule has 7 heterocycles. The largest absolute Gasteiger partial charge is 0.391 e. The molecule has 2 saturated heterocycles. The second kappa shape index (κ2) is 26.5. The fraction of sp³-hybridized carbons (Fsp3) is 0.397. The number of aromatic nitrogens is 5. The van der Waals surface area contributed by atoms with Gasteiger partial charge in [0.2, 0.25) is 17.7 Å². The number of amides is 5. The van der Waals surface area contributed by atoms with E-state index in [-0.39, 0.29) is 47.8 Å². The third-order valence-electron chi connectivity index (χ3n) is 18.3. The fourth-order valence-electron chi connectivity index (χ4n) is 13.1. The Hall–Kier alpha value is -8.38. The zero-order valence-corrected chi connectivity index (χ0v) is 54.2. The number of aryl methyl sites for hydroxylation is 1. The Morgan fingerprint density at radius 2 is 1.55 bits per heavy atom. The highest BCUT2D eigenvalue weighted by molar-refractivity contribution is 7.90. The number of rotatable bonds is 17. The monoisotopic (exact) mass is 1280 g/mol. The van der Waals surface area contributed by atoms with Gasteiger partial charge in [-0.2, -0.15) is 5.10 Å². The SMILES string of the molecule is Cc1ncsc1-c1ccc(CNC(=O)[C@@H]2C[C@@H](O)CN2C(=O)[C@@H](NC(=O)C2CCN(c3ccc(S(=O)(=O)NC(=O)c4nc(N5CCc6cccc(C(=O)Nc7nc8ccccc8s7)c6C5)ccc4-c4cnn(CC5CCCCC5)c4C)cc3)CC2)C(C)(C)C)cc1. The van der Waals surface area contributed by atoms with Gasteiger partial charge >= 0.3 is 0 Å². The lowest BCUT2D eigenvalue weighted by atomic mass is 9.84. The van der Waals surface area contributed by atoms with Gasteiger partial charge in [0.15, 0.2) is 5.13 Å². The highest BCUT2D eigenvalue weighted by Crippen LogP contribution is 2.36. The van der Waals surface area contributed by atoms with E-state index in [0.29, 0.717) is 79.0 Å². The van der Waals surface area contributed by atoms with Crippen LogP contribution in [-0.4, -0.2) is 117 Å². The van der Waals surface area contributed by atoms with Gasteiger partial charge in [0.25, 0.3) is 21.8 Å². The average Bonchev–Trinajstić information content (AvgIpc) is 1.47. The maximum atomic E-state index is 14.7. The molecular formula is C68H76N12O8S3. The molecule has 3 atom stereocenters. The molecule has 1 saturated carbocycles. The van der Waals surface area contributed by atoms with E-state index in [1.54, 1.807) is 41.8 Å². The number of anilines is 3. The van der Waals surface area contributed by atoms with Crippen molar-refractivity contribution in [2.45, 2.75) is 135 Å². The van der Waals surface area contributed by atoms with Crippen LogP contribution < -0.4 is 30.5 Å². The first-order chi connectivity index (χ1) is 43.7. The Morgan fingerprint density at radius 3 is 2.27 bits per heavy atom. The van der Waals surface area contributed by atoms with E-state index in [0.717, 1.165) is 73.8 Å². The second-order valence-corrected chi connectivity index (χ2v) is 29.1. The number of fused-ring (bicyclic) bond motifs is 2. The number of hydrogen-bond donors (Lipinski definition) is 5. The molecule has 4 aliphatic rings. The lowest BCUT2D eigenvalue weighted by molar-refractivity contribution is -0.144. The third-order valence-corrected chi connectivity index (χ3v) is 21.6. The van der Waals surface area contributed by atoms with Crippen LogP contribution in [0.2, 0.25) is 0 Å². The van der Waals surface area contributed by atoms with Crippen LogP contribution in [0.1, 0.15) is 121 Å². The molecule has 3 fully saturated rings. The standard InChI is InChI=1S/C68H76N12O8S3/c1-41-60(89-40-70-41)46-20-18-43(19-21-46)35-69-64(84)56-34-49(81)38-79(56)66(86)61(68(3,4)5)74-62(82)47-29-31-77(32-30-47)48-22-24-50(25-23-48)91(87,88)76-65(85)59-51(53-36-71-80(42(53)2)37-44-12-7-6-8-13-44)26-27-58(73-59)78-33-28-45-14-11-15-52(54(45)39-78)63(83)75-67-72-55-16-9-10-17-57(55)90-67/h9-11,14-27,36,40,44,47,49,56,61,81H,6-8,12-13,28-35,37-39H2,1-5H3,(H,69,84)(H,74,82)(H,76,85)(H,72,75,83)/t49-,56+,61-/m1/s1. The van der Waals surface area contributed by atoms with E-state index < -0.39 is 51.4 Å². The van der Waals surface area contributed by atoms with Gasteiger partial charge in [0.05, 0.1) is 43.5 Å². The highest BCUT2D eigenvalue weighted by Gasteiger charge is 2.45. The van der Waals surface area contributed by atoms with E-state index in [1.807, 2.05) is 116 Å². The van der Waals surface area contributed by atoms with Gasteiger partial charge in [-0.25, -0.2) is 28.1 Å². The number of thiazole rings is 2. The van der Waals surface area contributed by atoms with Gasteiger partial charge in [-0.15, -0.1) is 11.3 Å². The Balaban J connectivity index is 0.700. The minimum Gasteiger partial charge on any atom is -0.391 e. The number of para-hydroxylation sites is 1. The first-order valence-electron chi connectivity index (χ1n) is 31.3. The number of β-amino-alcohol motifs (C(OH)–C–C–N with tert-alkyl or cyclic N) is 1. The predicted molar refractivity (Wildman–Crippen MR) is 353 cm³/mol. The first-order valence-corrected chi connectivity index (χ1v) is 34.5. The van der Waals surface area contributed by atoms with Crippen molar-refractivity contribution >= 4 is 89.1 Å². The molecule has 0 radical (unpaired) electrons. The van der Waals surface area contributed by atoms with Gasteiger partial charge in [-0.3, -0.25) is 34.0 Å². The summed E-state index contributed by atoms with van der Waals surface area (Å²) >= 11 is 2.96. The molecule has 91 heavy (non-hydrogen) atoms. The summed E-state index contributed by atoms with van der Waals surface area (Å²) < 4.78 is 33.9. The van der Waals surface area contributed by atoms with E-state index in [1.165, 1.54) is 47.6 Å². The van der Waals surface area contributed by atoms with Crippen LogP contribution in [0.15, 0.2) is 120 Å². The number of aliphatic hydroxyl groups is 1. The quantitative estimate of drug-likeness (QED) is 0.0569. The molecule has 4 aromatic carbocycles. The predicted octanol–water partition coefficient (Wildman–Crippen LogP) is 9.83. The number of hydrogen-bond acceptors (Lipinski definition) is 16. The Morgan fingerprint density at radius 1 is 0.791 bits per heavy atom. The number of pyridine rings is 1. The Bertz CT molecular complexity index is 4110. The van der Waals surface area contributed by atoms with Crippen LogP contribution in [0.3, 0.4) is 0 Å². The molecule has 0 unspecified atom stereocenters. The minimum absolute atomic E-state index is 0.0409. The van der Waals surface area contributed by atoms with Gasteiger partial charge < -0.3 is 30.4 Å². The molecule has 23 heteroatoms. The van der Waals surface area contributed by atoms with Crippen LogP contribution in [0.4, 0.5) is 16.6 Å².